The average molecular weight is 310 g/mol. The quantitative estimate of drug-likeness (QED) is 0.920. The summed E-state index contributed by atoms with van der Waals surface area (Å²) in [7, 11) is -2.86. The highest BCUT2D eigenvalue weighted by molar-refractivity contribution is 7.91. The van der Waals surface area contributed by atoms with E-state index >= 15 is 0 Å². The minimum Gasteiger partial charge on any atom is -0.491 e. The van der Waals surface area contributed by atoms with Gasteiger partial charge < -0.3 is 15.0 Å². The number of fused-ring (bicyclic) bond motifs is 1. The first-order valence-corrected chi connectivity index (χ1v) is 9.39. The van der Waals surface area contributed by atoms with Crippen LogP contribution in [0.3, 0.4) is 0 Å². The molecule has 0 spiro atoms. The Hall–Kier alpha value is -1.43. The molecule has 0 bridgehead atoms. The minimum atomic E-state index is -2.86. The smallest absolute Gasteiger partial charge is 0.152 e. The second kappa shape index (κ2) is 5.75. The van der Waals surface area contributed by atoms with E-state index < -0.39 is 9.84 Å². The van der Waals surface area contributed by atoms with E-state index in [2.05, 4.69) is 17.1 Å². The SMILES string of the molecule is CCCOc1cccc2c1NCCN2C1CCS(=O)(=O)C1. The molecule has 0 amide bonds. The van der Waals surface area contributed by atoms with E-state index in [1.807, 2.05) is 18.2 Å². The van der Waals surface area contributed by atoms with E-state index in [4.69, 9.17) is 4.74 Å². The van der Waals surface area contributed by atoms with Crippen LogP contribution in [-0.2, 0) is 9.84 Å². The number of hydrogen-bond acceptors (Lipinski definition) is 5. The van der Waals surface area contributed by atoms with Crippen molar-refractivity contribution in [2.75, 3.05) is 41.4 Å². The number of nitrogens with zero attached hydrogens (tertiary/aromatic N) is 1. The predicted octanol–water partition coefficient (Wildman–Crippen LogP) is 1.89. The molecule has 1 aromatic carbocycles. The number of benzene rings is 1. The Labute approximate surface area is 126 Å². The molecule has 116 valence electrons. The summed E-state index contributed by atoms with van der Waals surface area (Å²) in [6.07, 6.45) is 1.69. The van der Waals surface area contributed by atoms with Gasteiger partial charge in [0.05, 0.1) is 23.8 Å². The highest BCUT2D eigenvalue weighted by Crippen LogP contribution is 2.39. The first-order valence-electron chi connectivity index (χ1n) is 7.57. The first kappa shape index (κ1) is 14.5. The topological polar surface area (TPSA) is 58.6 Å². The third-order valence-corrected chi connectivity index (χ3v) is 5.83. The van der Waals surface area contributed by atoms with Crippen LogP contribution in [0.4, 0.5) is 11.4 Å². The molecule has 0 radical (unpaired) electrons. The number of sulfone groups is 1. The molecular weight excluding hydrogens is 288 g/mol. The molecule has 1 atom stereocenters. The minimum absolute atomic E-state index is 0.0947. The average Bonchev–Trinajstić information content (AvgIpc) is 2.84. The molecule has 21 heavy (non-hydrogen) atoms. The third-order valence-electron chi connectivity index (χ3n) is 4.08. The van der Waals surface area contributed by atoms with Gasteiger partial charge in [-0.3, -0.25) is 0 Å². The summed E-state index contributed by atoms with van der Waals surface area (Å²) < 4.78 is 29.3. The van der Waals surface area contributed by atoms with E-state index in [1.54, 1.807) is 0 Å². The van der Waals surface area contributed by atoms with Crippen molar-refractivity contribution in [3.8, 4) is 5.75 Å². The van der Waals surface area contributed by atoms with E-state index in [1.165, 1.54) is 0 Å². The van der Waals surface area contributed by atoms with Crippen LogP contribution in [-0.4, -0.2) is 45.7 Å². The highest BCUT2D eigenvalue weighted by atomic mass is 32.2. The maximum absolute atomic E-state index is 11.7. The first-order chi connectivity index (χ1) is 10.1. The summed E-state index contributed by atoms with van der Waals surface area (Å²) in [5.41, 5.74) is 2.07. The normalized spacial score (nSPS) is 23.5. The summed E-state index contributed by atoms with van der Waals surface area (Å²) in [5.74, 6) is 1.44. The maximum atomic E-state index is 11.7. The summed E-state index contributed by atoms with van der Waals surface area (Å²) in [6.45, 7) is 4.43. The molecule has 6 heteroatoms. The van der Waals surface area contributed by atoms with Crippen LogP contribution in [0.2, 0.25) is 0 Å². The van der Waals surface area contributed by atoms with Gasteiger partial charge in [-0.25, -0.2) is 8.42 Å². The van der Waals surface area contributed by atoms with Crippen LogP contribution < -0.4 is 15.0 Å². The van der Waals surface area contributed by atoms with E-state index in [0.29, 0.717) is 12.4 Å². The lowest BCUT2D eigenvalue weighted by Gasteiger charge is -2.36. The molecule has 0 aliphatic carbocycles. The van der Waals surface area contributed by atoms with Gasteiger partial charge in [-0.15, -0.1) is 0 Å². The Bertz CT molecular complexity index is 615. The second-order valence-corrected chi connectivity index (χ2v) is 7.90. The molecule has 1 unspecified atom stereocenters. The molecule has 3 rings (SSSR count). The van der Waals surface area contributed by atoms with Gasteiger partial charge in [0.1, 0.15) is 11.4 Å². The monoisotopic (exact) mass is 310 g/mol. The molecule has 1 fully saturated rings. The Kier molecular flexibility index (Phi) is 3.97. The Morgan fingerprint density at radius 2 is 2.29 bits per heavy atom. The van der Waals surface area contributed by atoms with Crippen LogP contribution in [0.25, 0.3) is 0 Å². The predicted molar refractivity (Wildman–Crippen MR) is 85.1 cm³/mol. The molecule has 2 aliphatic heterocycles. The van der Waals surface area contributed by atoms with Crippen molar-refractivity contribution in [2.45, 2.75) is 25.8 Å². The van der Waals surface area contributed by atoms with E-state index in [0.717, 1.165) is 43.1 Å². The Morgan fingerprint density at radius 3 is 3.00 bits per heavy atom. The van der Waals surface area contributed by atoms with Gasteiger partial charge >= 0.3 is 0 Å². The second-order valence-electron chi connectivity index (χ2n) is 5.68. The van der Waals surface area contributed by atoms with Gasteiger partial charge in [-0.2, -0.15) is 0 Å². The fourth-order valence-electron chi connectivity index (χ4n) is 3.09. The molecule has 1 saturated heterocycles. The fraction of sp³-hybridized carbons (Fsp3) is 0.600. The van der Waals surface area contributed by atoms with Gasteiger partial charge in [0.2, 0.25) is 0 Å². The van der Waals surface area contributed by atoms with Crippen LogP contribution in [0.15, 0.2) is 18.2 Å². The van der Waals surface area contributed by atoms with Crippen molar-refractivity contribution in [2.24, 2.45) is 0 Å². The number of nitrogens with one attached hydrogen (secondary N) is 1. The van der Waals surface area contributed by atoms with E-state index in [-0.39, 0.29) is 11.8 Å². The number of hydrogen-bond donors (Lipinski definition) is 1. The van der Waals surface area contributed by atoms with Gasteiger partial charge in [-0.1, -0.05) is 13.0 Å². The van der Waals surface area contributed by atoms with Gasteiger partial charge in [-0.05, 0) is 25.0 Å². The standard InChI is InChI=1S/C15H22N2O3S/c1-2-9-20-14-5-3-4-13-15(14)16-7-8-17(13)12-6-10-21(18,19)11-12/h3-5,12,16H,2,6-11H2,1H3. The van der Waals surface area contributed by atoms with Crippen LogP contribution >= 0.6 is 0 Å². The van der Waals surface area contributed by atoms with Crippen LogP contribution in [0, 0.1) is 0 Å². The maximum Gasteiger partial charge on any atom is 0.152 e. The third kappa shape index (κ3) is 2.95. The van der Waals surface area contributed by atoms with Crippen molar-refractivity contribution >= 4 is 21.2 Å². The largest absolute Gasteiger partial charge is 0.491 e. The zero-order valence-corrected chi connectivity index (χ0v) is 13.2. The molecule has 0 saturated carbocycles. The Morgan fingerprint density at radius 1 is 1.43 bits per heavy atom. The summed E-state index contributed by atoms with van der Waals surface area (Å²) in [6, 6.07) is 6.09. The number of ether oxygens (including phenoxy) is 1. The molecule has 0 aromatic heterocycles. The highest BCUT2D eigenvalue weighted by Gasteiger charge is 2.34. The van der Waals surface area contributed by atoms with Crippen molar-refractivity contribution < 1.29 is 13.2 Å². The van der Waals surface area contributed by atoms with Crippen molar-refractivity contribution in [1.82, 2.24) is 0 Å². The van der Waals surface area contributed by atoms with Crippen LogP contribution in [0.1, 0.15) is 19.8 Å². The molecule has 1 aromatic rings. The zero-order valence-electron chi connectivity index (χ0n) is 12.3. The lowest BCUT2D eigenvalue weighted by Crippen LogP contribution is -2.42. The number of para-hydroxylation sites is 1. The van der Waals surface area contributed by atoms with Gasteiger partial charge in [0.15, 0.2) is 9.84 Å². The summed E-state index contributed by atoms with van der Waals surface area (Å²) in [5, 5.41) is 3.40. The Balaban J connectivity index is 1.88. The number of anilines is 2. The van der Waals surface area contributed by atoms with E-state index in [9.17, 15) is 8.42 Å². The molecule has 1 N–H and O–H groups in total. The summed E-state index contributed by atoms with van der Waals surface area (Å²) in [4.78, 5) is 2.23. The van der Waals surface area contributed by atoms with Crippen molar-refractivity contribution in [3.63, 3.8) is 0 Å². The molecular formula is C15H22N2O3S. The van der Waals surface area contributed by atoms with Crippen LogP contribution in [0.5, 0.6) is 5.75 Å². The lowest BCUT2D eigenvalue weighted by atomic mass is 10.1. The zero-order chi connectivity index (χ0) is 14.9. The number of rotatable bonds is 4. The van der Waals surface area contributed by atoms with Gasteiger partial charge in [0, 0.05) is 19.1 Å². The van der Waals surface area contributed by atoms with Crippen molar-refractivity contribution in [1.29, 1.82) is 0 Å². The molecule has 5 nitrogen and oxygen atoms in total. The summed E-state index contributed by atoms with van der Waals surface area (Å²) >= 11 is 0. The van der Waals surface area contributed by atoms with Gasteiger partial charge in [0.25, 0.3) is 0 Å². The lowest BCUT2D eigenvalue weighted by molar-refractivity contribution is 0.318. The molecule has 2 aliphatic rings. The molecule has 2 heterocycles. The fourth-order valence-corrected chi connectivity index (χ4v) is 4.82. The van der Waals surface area contributed by atoms with Crippen molar-refractivity contribution in [3.05, 3.63) is 18.2 Å².